The van der Waals surface area contributed by atoms with Crippen molar-refractivity contribution < 1.29 is 0 Å². The van der Waals surface area contributed by atoms with Gasteiger partial charge in [-0.05, 0) is 35.2 Å². The standard InChI is InChI=1S/C22H17ClN2S/c1-15-19(17-8-3-2-4-9-17)11-6-12-20(15)22-25-24-21(26-22)18-10-5-7-16(13-18)14-23/h2-13H,14H2,1H3. The highest BCUT2D eigenvalue weighted by molar-refractivity contribution is 7.17. The number of halogens is 1. The molecular formula is C22H17ClN2S. The molecule has 4 aromatic rings. The lowest BCUT2D eigenvalue weighted by Crippen LogP contribution is -1.88. The molecule has 1 heterocycles. The maximum Gasteiger partial charge on any atom is 0.148 e. The van der Waals surface area contributed by atoms with Gasteiger partial charge in [0.25, 0.3) is 0 Å². The second-order valence-corrected chi connectivity index (χ2v) is 7.34. The highest BCUT2D eigenvalue weighted by Crippen LogP contribution is 2.35. The molecule has 0 N–H and O–H groups in total. The van der Waals surface area contributed by atoms with Crippen molar-refractivity contribution in [2.24, 2.45) is 0 Å². The van der Waals surface area contributed by atoms with Gasteiger partial charge >= 0.3 is 0 Å². The summed E-state index contributed by atoms with van der Waals surface area (Å²) in [4.78, 5) is 0. The molecule has 0 unspecified atom stereocenters. The summed E-state index contributed by atoms with van der Waals surface area (Å²) in [6, 6.07) is 24.9. The van der Waals surface area contributed by atoms with E-state index in [0.29, 0.717) is 5.88 Å². The summed E-state index contributed by atoms with van der Waals surface area (Å²) >= 11 is 7.56. The number of benzene rings is 3. The summed E-state index contributed by atoms with van der Waals surface area (Å²) in [5.41, 5.74) is 6.93. The molecule has 0 aliphatic rings. The minimum absolute atomic E-state index is 0.498. The van der Waals surface area contributed by atoms with Crippen molar-refractivity contribution in [1.82, 2.24) is 10.2 Å². The van der Waals surface area contributed by atoms with Gasteiger partial charge in [-0.2, -0.15) is 0 Å². The summed E-state index contributed by atoms with van der Waals surface area (Å²) in [5.74, 6) is 0.498. The number of aromatic nitrogens is 2. The van der Waals surface area contributed by atoms with Gasteiger partial charge in [0.2, 0.25) is 0 Å². The first-order valence-corrected chi connectivity index (χ1v) is 9.75. The molecule has 4 rings (SSSR count). The molecule has 0 spiro atoms. The first-order chi connectivity index (χ1) is 12.8. The first kappa shape index (κ1) is 17.0. The third-order valence-electron chi connectivity index (χ3n) is 4.40. The Morgan fingerprint density at radius 1 is 0.769 bits per heavy atom. The first-order valence-electron chi connectivity index (χ1n) is 8.40. The van der Waals surface area contributed by atoms with Gasteiger partial charge in [-0.1, -0.05) is 78.1 Å². The molecule has 0 aliphatic heterocycles. The fraction of sp³-hybridized carbons (Fsp3) is 0.0909. The molecule has 0 aliphatic carbocycles. The Labute approximate surface area is 162 Å². The summed E-state index contributed by atoms with van der Waals surface area (Å²) < 4.78 is 0. The van der Waals surface area contributed by atoms with Gasteiger partial charge in [0.15, 0.2) is 0 Å². The Morgan fingerprint density at radius 2 is 1.46 bits per heavy atom. The van der Waals surface area contributed by atoms with Gasteiger partial charge in [-0.3, -0.25) is 0 Å². The van der Waals surface area contributed by atoms with Crippen LogP contribution >= 0.6 is 22.9 Å². The van der Waals surface area contributed by atoms with E-state index in [4.69, 9.17) is 11.6 Å². The fourth-order valence-electron chi connectivity index (χ4n) is 3.03. The second-order valence-electron chi connectivity index (χ2n) is 6.09. The van der Waals surface area contributed by atoms with Crippen LogP contribution in [0.4, 0.5) is 0 Å². The lowest BCUT2D eigenvalue weighted by molar-refractivity contribution is 1.10. The number of hydrogen-bond donors (Lipinski definition) is 0. The van der Waals surface area contributed by atoms with Crippen molar-refractivity contribution in [2.45, 2.75) is 12.8 Å². The van der Waals surface area contributed by atoms with Crippen molar-refractivity contribution in [3.8, 4) is 32.3 Å². The topological polar surface area (TPSA) is 25.8 Å². The normalized spacial score (nSPS) is 10.8. The van der Waals surface area contributed by atoms with Gasteiger partial charge in [-0.25, -0.2) is 0 Å². The van der Waals surface area contributed by atoms with E-state index in [2.05, 4.69) is 65.7 Å². The molecule has 26 heavy (non-hydrogen) atoms. The van der Waals surface area contributed by atoms with Crippen molar-refractivity contribution in [3.63, 3.8) is 0 Å². The lowest BCUT2D eigenvalue weighted by atomic mass is 9.97. The van der Waals surface area contributed by atoms with Crippen LogP contribution in [-0.2, 0) is 5.88 Å². The van der Waals surface area contributed by atoms with Crippen LogP contribution in [0.3, 0.4) is 0 Å². The zero-order valence-corrected chi connectivity index (χ0v) is 15.9. The maximum atomic E-state index is 5.95. The van der Waals surface area contributed by atoms with Crippen molar-refractivity contribution in [3.05, 3.63) is 83.9 Å². The highest BCUT2D eigenvalue weighted by atomic mass is 35.5. The quantitative estimate of drug-likeness (QED) is 0.375. The van der Waals surface area contributed by atoms with Crippen LogP contribution in [0.1, 0.15) is 11.1 Å². The Balaban J connectivity index is 1.74. The van der Waals surface area contributed by atoms with Gasteiger partial charge in [-0.15, -0.1) is 21.8 Å². The van der Waals surface area contributed by atoms with Gasteiger partial charge in [0, 0.05) is 17.0 Å². The van der Waals surface area contributed by atoms with Crippen LogP contribution in [0.5, 0.6) is 0 Å². The summed E-state index contributed by atoms with van der Waals surface area (Å²) in [5, 5.41) is 10.7. The predicted octanol–water partition coefficient (Wildman–Crippen LogP) is 6.59. The molecule has 128 valence electrons. The van der Waals surface area contributed by atoms with Gasteiger partial charge < -0.3 is 0 Å². The maximum absolute atomic E-state index is 5.95. The fourth-order valence-corrected chi connectivity index (χ4v) is 4.12. The zero-order chi connectivity index (χ0) is 17.9. The highest BCUT2D eigenvalue weighted by Gasteiger charge is 2.13. The molecule has 0 atom stereocenters. The molecule has 3 aromatic carbocycles. The third kappa shape index (κ3) is 3.28. The van der Waals surface area contributed by atoms with E-state index in [0.717, 1.165) is 26.7 Å². The van der Waals surface area contributed by atoms with Gasteiger partial charge in [0.05, 0.1) is 0 Å². The van der Waals surface area contributed by atoms with E-state index < -0.39 is 0 Å². The van der Waals surface area contributed by atoms with Crippen LogP contribution in [0.15, 0.2) is 72.8 Å². The minimum atomic E-state index is 0.498. The molecule has 0 saturated carbocycles. The lowest BCUT2D eigenvalue weighted by Gasteiger charge is -2.09. The largest absolute Gasteiger partial charge is 0.148 e. The Kier molecular flexibility index (Phi) is 4.83. The predicted molar refractivity (Wildman–Crippen MR) is 111 cm³/mol. The van der Waals surface area contributed by atoms with E-state index >= 15 is 0 Å². The molecule has 0 bridgehead atoms. The molecule has 0 fully saturated rings. The number of nitrogens with zero attached hydrogens (tertiary/aromatic N) is 2. The number of rotatable bonds is 4. The summed E-state index contributed by atoms with van der Waals surface area (Å²) in [6.45, 7) is 2.15. The van der Waals surface area contributed by atoms with E-state index in [-0.39, 0.29) is 0 Å². The summed E-state index contributed by atoms with van der Waals surface area (Å²) in [7, 11) is 0. The Bertz CT molecular complexity index is 1040. The van der Waals surface area contributed by atoms with Crippen LogP contribution in [0.25, 0.3) is 32.3 Å². The summed E-state index contributed by atoms with van der Waals surface area (Å²) in [6.07, 6.45) is 0. The van der Waals surface area contributed by atoms with E-state index in [1.165, 1.54) is 16.7 Å². The molecule has 0 amide bonds. The third-order valence-corrected chi connectivity index (χ3v) is 5.72. The smallest absolute Gasteiger partial charge is 0.138 e. The van der Waals surface area contributed by atoms with E-state index in [9.17, 15) is 0 Å². The Morgan fingerprint density at radius 3 is 2.27 bits per heavy atom. The van der Waals surface area contributed by atoms with Crippen molar-refractivity contribution in [2.75, 3.05) is 0 Å². The SMILES string of the molecule is Cc1c(-c2ccccc2)cccc1-c1nnc(-c2cccc(CCl)c2)s1. The zero-order valence-electron chi connectivity index (χ0n) is 14.3. The number of hydrogen-bond acceptors (Lipinski definition) is 3. The monoisotopic (exact) mass is 376 g/mol. The van der Waals surface area contributed by atoms with Crippen LogP contribution < -0.4 is 0 Å². The van der Waals surface area contributed by atoms with E-state index in [1.54, 1.807) is 11.3 Å². The Hall–Kier alpha value is -2.49. The molecule has 0 saturated heterocycles. The molecule has 1 aromatic heterocycles. The van der Waals surface area contributed by atoms with Crippen LogP contribution in [0, 0.1) is 6.92 Å². The van der Waals surface area contributed by atoms with Crippen molar-refractivity contribution >= 4 is 22.9 Å². The van der Waals surface area contributed by atoms with E-state index in [1.807, 2.05) is 24.3 Å². The second kappa shape index (κ2) is 7.40. The minimum Gasteiger partial charge on any atom is -0.138 e. The number of alkyl halides is 1. The van der Waals surface area contributed by atoms with Crippen LogP contribution in [-0.4, -0.2) is 10.2 Å². The average molecular weight is 377 g/mol. The van der Waals surface area contributed by atoms with Gasteiger partial charge in [0.1, 0.15) is 10.0 Å². The van der Waals surface area contributed by atoms with Crippen LogP contribution in [0.2, 0.25) is 0 Å². The average Bonchev–Trinajstić information content (AvgIpc) is 3.19. The molecule has 2 nitrogen and oxygen atoms in total. The molecule has 0 radical (unpaired) electrons. The molecule has 4 heteroatoms. The molecular weight excluding hydrogens is 360 g/mol. The van der Waals surface area contributed by atoms with Crippen molar-refractivity contribution in [1.29, 1.82) is 0 Å².